The molecule has 0 fully saturated rings. The summed E-state index contributed by atoms with van der Waals surface area (Å²) in [5.41, 5.74) is -1.47. The molecule has 110 valence electrons. The van der Waals surface area contributed by atoms with E-state index in [4.69, 9.17) is 9.52 Å². The smallest absolute Gasteiger partial charge is 0.329 e. The Morgan fingerprint density at radius 2 is 1.86 bits per heavy atom. The third kappa shape index (κ3) is 2.52. The van der Waals surface area contributed by atoms with E-state index in [0.717, 1.165) is 11.0 Å². The van der Waals surface area contributed by atoms with Gasteiger partial charge in [0.25, 0.3) is 5.91 Å². The molecule has 1 aromatic carbocycles. The maximum atomic E-state index is 12.3. The number of amides is 1. The number of hydrogen-bond acceptors (Lipinski definition) is 4. The van der Waals surface area contributed by atoms with Crippen molar-refractivity contribution in [2.24, 2.45) is 0 Å². The molecule has 0 saturated carbocycles. The van der Waals surface area contributed by atoms with Crippen molar-refractivity contribution in [2.45, 2.75) is 19.4 Å². The molecule has 0 spiro atoms. The number of aliphatic carboxylic acids is 1. The quantitative estimate of drug-likeness (QED) is 0.929. The molecule has 0 saturated heterocycles. The molecule has 0 atom stereocenters. The van der Waals surface area contributed by atoms with Gasteiger partial charge in [0.1, 0.15) is 11.1 Å². The third-order valence-electron chi connectivity index (χ3n) is 3.51. The monoisotopic (exact) mass is 289 g/mol. The Balaban J connectivity index is 2.50. The zero-order valence-electron chi connectivity index (χ0n) is 11.9. The zero-order chi connectivity index (χ0) is 15.8. The summed E-state index contributed by atoms with van der Waals surface area (Å²) in [7, 11) is 1.35. The molecule has 1 aromatic heterocycles. The van der Waals surface area contributed by atoms with Gasteiger partial charge in [-0.1, -0.05) is 12.1 Å². The summed E-state index contributed by atoms with van der Waals surface area (Å²) in [4.78, 5) is 36.5. The fraction of sp³-hybridized carbons (Fsp3) is 0.267. The Bertz CT molecular complexity index is 775. The third-order valence-corrected chi connectivity index (χ3v) is 3.51. The molecule has 0 radical (unpaired) electrons. The summed E-state index contributed by atoms with van der Waals surface area (Å²) in [6, 6.07) is 7.64. The van der Waals surface area contributed by atoms with Crippen molar-refractivity contribution in [2.75, 3.05) is 7.05 Å². The first-order valence-corrected chi connectivity index (χ1v) is 6.29. The number of carbonyl (C=O) groups is 2. The van der Waals surface area contributed by atoms with E-state index in [1.165, 1.54) is 20.9 Å². The number of carbonyl (C=O) groups excluding carboxylic acids is 1. The summed E-state index contributed by atoms with van der Waals surface area (Å²) in [6.07, 6.45) is 0. The van der Waals surface area contributed by atoms with Crippen molar-refractivity contribution in [3.8, 4) is 0 Å². The van der Waals surface area contributed by atoms with Gasteiger partial charge in [-0.2, -0.15) is 0 Å². The standard InChI is InChI=1S/C15H15NO5/c1-15(2,14(19)20)16(3)13(18)12-8-10(17)9-6-4-5-7-11(9)21-12/h4-8H,1-3H3,(H,19,20). The van der Waals surface area contributed by atoms with Gasteiger partial charge < -0.3 is 14.4 Å². The highest BCUT2D eigenvalue weighted by Crippen LogP contribution is 2.18. The first-order valence-electron chi connectivity index (χ1n) is 6.29. The summed E-state index contributed by atoms with van der Waals surface area (Å²) in [6.45, 7) is 2.79. The van der Waals surface area contributed by atoms with E-state index < -0.39 is 17.4 Å². The second-order valence-corrected chi connectivity index (χ2v) is 5.20. The normalized spacial score (nSPS) is 11.4. The number of likely N-dealkylation sites (N-methyl/N-ethyl adjacent to an activating group) is 1. The average Bonchev–Trinajstić information content (AvgIpc) is 2.45. The van der Waals surface area contributed by atoms with Gasteiger partial charge in [0.05, 0.1) is 5.39 Å². The SMILES string of the molecule is CN(C(=O)c1cc(=O)c2ccccc2o1)C(C)(C)C(=O)O. The summed E-state index contributed by atoms with van der Waals surface area (Å²) in [5.74, 6) is -2.00. The topological polar surface area (TPSA) is 87.8 Å². The lowest BCUT2D eigenvalue weighted by Gasteiger charge is -2.30. The molecule has 6 nitrogen and oxygen atoms in total. The van der Waals surface area contributed by atoms with Crippen LogP contribution in [0.4, 0.5) is 0 Å². The number of benzene rings is 1. The van der Waals surface area contributed by atoms with Crippen LogP contribution < -0.4 is 5.43 Å². The lowest BCUT2D eigenvalue weighted by Crippen LogP contribution is -2.50. The van der Waals surface area contributed by atoms with Crippen LogP contribution in [0.2, 0.25) is 0 Å². The number of fused-ring (bicyclic) bond motifs is 1. The molecule has 0 unspecified atom stereocenters. The van der Waals surface area contributed by atoms with E-state index in [0.29, 0.717) is 5.39 Å². The van der Waals surface area contributed by atoms with Gasteiger partial charge >= 0.3 is 5.97 Å². The van der Waals surface area contributed by atoms with Gasteiger partial charge in [0.15, 0.2) is 11.2 Å². The molecular weight excluding hydrogens is 274 g/mol. The Labute approximate surface area is 120 Å². The molecule has 1 N–H and O–H groups in total. The molecule has 2 aromatic rings. The Morgan fingerprint density at radius 3 is 2.48 bits per heavy atom. The molecular formula is C15H15NO5. The Hall–Kier alpha value is -2.63. The van der Waals surface area contributed by atoms with Crippen LogP contribution in [0.3, 0.4) is 0 Å². The number of nitrogens with zero attached hydrogens (tertiary/aromatic N) is 1. The van der Waals surface area contributed by atoms with E-state index in [1.807, 2.05) is 0 Å². The van der Waals surface area contributed by atoms with E-state index in [9.17, 15) is 14.4 Å². The van der Waals surface area contributed by atoms with Crippen molar-refractivity contribution in [1.82, 2.24) is 4.90 Å². The van der Waals surface area contributed by atoms with Crippen molar-refractivity contribution >= 4 is 22.8 Å². The molecule has 1 heterocycles. The second-order valence-electron chi connectivity index (χ2n) is 5.20. The Kier molecular flexibility index (Phi) is 3.55. The van der Waals surface area contributed by atoms with E-state index in [-0.39, 0.29) is 16.8 Å². The van der Waals surface area contributed by atoms with Crippen molar-refractivity contribution < 1.29 is 19.1 Å². The minimum absolute atomic E-state index is 0.185. The molecule has 2 rings (SSSR count). The zero-order valence-corrected chi connectivity index (χ0v) is 11.9. The lowest BCUT2D eigenvalue weighted by molar-refractivity contribution is -0.147. The van der Waals surface area contributed by atoms with Gasteiger partial charge in [0, 0.05) is 13.1 Å². The largest absolute Gasteiger partial charge is 0.480 e. The number of para-hydroxylation sites is 1. The predicted molar refractivity (Wildman–Crippen MR) is 76.3 cm³/mol. The maximum Gasteiger partial charge on any atom is 0.329 e. The highest BCUT2D eigenvalue weighted by molar-refractivity contribution is 5.96. The molecule has 6 heteroatoms. The van der Waals surface area contributed by atoms with Crippen LogP contribution >= 0.6 is 0 Å². The lowest BCUT2D eigenvalue weighted by atomic mass is 10.0. The summed E-state index contributed by atoms with van der Waals surface area (Å²) in [5, 5.41) is 9.52. The average molecular weight is 289 g/mol. The summed E-state index contributed by atoms with van der Waals surface area (Å²) < 4.78 is 5.42. The van der Waals surface area contributed by atoms with Crippen LogP contribution in [0.25, 0.3) is 11.0 Å². The second kappa shape index (κ2) is 5.05. The number of rotatable bonds is 3. The highest BCUT2D eigenvalue weighted by atomic mass is 16.4. The van der Waals surface area contributed by atoms with Crippen LogP contribution in [-0.2, 0) is 4.79 Å². The van der Waals surface area contributed by atoms with E-state index in [1.54, 1.807) is 24.3 Å². The van der Waals surface area contributed by atoms with Gasteiger partial charge in [0.2, 0.25) is 0 Å². The van der Waals surface area contributed by atoms with Crippen molar-refractivity contribution in [3.63, 3.8) is 0 Å². The van der Waals surface area contributed by atoms with Crippen LogP contribution in [-0.4, -0.2) is 34.5 Å². The number of carboxylic acid groups (broad SMARTS) is 1. The van der Waals surface area contributed by atoms with Gasteiger partial charge in [-0.3, -0.25) is 9.59 Å². The Morgan fingerprint density at radius 1 is 1.24 bits per heavy atom. The molecule has 1 amide bonds. The molecule has 0 bridgehead atoms. The molecule has 0 aliphatic heterocycles. The number of carboxylic acids is 1. The van der Waals surface area contributed by atoms with Gasteiger partial charge in [-0.15, -0.1) is 0 Å². The van der Waals surface area contributed by atoms with Gasteiger partial charge in [-0.25, -0.2) is 4.79 Å². The molecule has 0 aliphatic carbocycles. The van der Waals surface area contributed by atoms with Crippen molar-refractivity contribution in [1.29, 1.82) is 0 Å². The minimum Gasteiger partial charge on any atom is -0.480 e. The molecule has 21 heavy (non-hydrogen) atoms. The first kappa shape index (κ1) is 14.8. The fourth-order valence-corrected chi connectivity index (χ4v) is 1.77. The first-order chi connectivity index (χ1) is 9.75. The van der Waals surface area contributed by atoms with Crippen LogP contribution in [0.15, 0.2) is 39.5 Å². The minimum atomic E-state index is -1.42. The highest BCUT2D eigenvalue weighted by Gasteiger charge is 2.36. The van der Waals surface area contributed by atoms with Crippen LogP contribution in [0.1, 0.15) is 24.4 Å². The van der Waals surface area contributed by atoms with Crippen LogP contribution in [0, 0.1) is 0 Å². The number of hydrogen-bond donors (Lipinski definition) is 1. The summed E-state index contributed by atoms with van der Waals surface area (Å²) >= 11 is 0. The molecule has 0 aliphatic rings. The fourth-order valence-electron chi connectivity index (χ4n) is 1.77. The van der Waals surface area contributed by atoms with E-state index in [2.05, 4.69) is 0 Å². The predicted octanol–water partition coefficient (Wildman–Crippen LogP) is 1.73. The van der Waals surface area contributed by atoms with Crippen LogP contribution in [0.5, 0.6) is 0 Å². The van der Waals surface area contributed by atoms with Gasteiger partial charge in [-0.05, 0) is 26.0 Å². The maximum absolute atomic E-state index is 12.3. The van der Waals surface area contributed by atoms with E-state index >= 15 is 0 Å². The van der Waals surface area contributed by atoms with Crippen molar-refractivity contribution in [3.05, 3.63) is 46.3 Å².